The Morgan fingerprint density at radius 1 is 1.38 bits per heavy atom. The highest BCUT2D eigenvalue weighted by Crippen LogP contribution is 2.51. The molecular formula is C20H26N8O3S. The highest BCUT2D eigenvalue weighted by molar-refractivity contribution is 7.88. The molecule has 0 unspecified atom stereocenters. The Morgan fingerprint density at radius 3 is 2.78 bits per heavy atom. The molecule has 0 spiro atoms. The van der Waals surface area contributed by atoms with Gasteiger partial charge in [-0.25, -0.2) is 18.1 Å². The topological polar surface area (TPSA) is 146 Å². The van der Waals surface area contributed by atoms with E-state index in [1.165, 1.54) is 0 Å². The van der Waals surface area contributed by atoms with E-state index < -0.39 is 21.0 Å². The lowest BCUT2D eigenvalue weighted by atomic mass is 9.83. The van der Waals surface area contributed by atoms with E-state index >= 15 is 0 Å². The summed E-state index contributed by atoms with van der Waals surface area (Å²) in [4.78, 5) is 23.3. The van der Waals surface area contributed by atoms with Gasteiger partial charge in [0.15, 0.2) is 0 Å². The lowest BCUT2D eigenvalue weighted by Gasteiger charge is -2.25. The Kier molecular flexibility index (Phi) is 5.42. The number of amides is 1. The van der Waals surface area contributed by atoms with Gasteiger partial charge >= 0.3 is 0 Å². The average Bonchev–Trinajstić information content (AvgIpc) is 3.38. The van der Waals surface area contributed by atoms with Crippen molar-refractivity contribution in [2.75, 3.05) is 29.6 Å². The third-order valence-corrected chi connectivity index (χ3v) is 6.64. The Bertz CT molecular complexity index is 1180. The van der Waals surface area contributed by atoms with Gasteiger partial charge in [0.1, 0.15) is 11.2 Å². The van der Waals surface area contributed by atoms with Crippen molar-refractivity contribution in [2.45, 2.75) is 38.6 Å². The summed E-state index contributed by atoms with van der Waals surface area (Å²) < 4.78 is 27.0. The monoisotopic (exact) mass is 458 g/mol. The fourth-order valence-electron chi connectivity index (χ4n) is 3.90. The molecule has 1 atom stereocenters. The maximum atomic E-state index is 13.0. The molecule has 0 radical (unpaired) electrons. The molecule has 0 aromatic carbocycles. The predicted molar refractivity (Wildman–Crippen MR) is 117 cm³/mol. The number of nitriles is 1. The maximum absolute atomic E-state index is 13.0. The van der Waals surface area contributed by atoms with Gasteiger partial charge in [0.05, 0.1) is 29.7 Å². The number of carbonyl (C=O) groups is 1. The van der Waals surface area contributed by atoms with Crippen LogP contribution in [-0.4, -0.2) is 53.4 Å². The molecule has 2 N–H and O–H groups in total. The SMILES string of the molecule is CC(C)(CNS(C)(=O)=O)n1cc(Nc2nccc(N3CC[C@@](C#N)(C4CC4)C3=O)n2)cn1. The van der Waals surface area contributed by atoms with Crippen molar-refractivity contribution in [3.8, 4) is 6.07 Å². The summed E-state index contributed by atoms with van der Waals surface area (Å²) in [6.07, 6.45) is 8.35. The van der Waals surface area contributed by atoms with E-state index in [9.17, 15) is 18.5 Å². The Balaban J connectivity index is 1.48. The van der Waals surface area contributed by atoms with E-state index in [-0.39, 0.29) is 18.4 Å². The van der Waals surface area contributed by atoms with Crippen LogP contribution < -0.4 is 14.9 Å². The second-order valence-corrected chi connectivity index (χ2v) is 10.8. The van der Waals surface area contributed by atoms with Crippen LogP contribution in [0.15, 0.2) is 24.7 Å². The van der Waals surface area contributed by atoms with Crippen molar-refractivity contribution in [2.24, 2.45) is 11.3 Å². The summed E-state index contributed by atoms with van der Waals surface area (Å²) in [7, 11) is -3.32. The molecule has 1 amide bonds. The minimum absolute atomic E-state index is 0.149. The van der Waals surface area contributed by atoms with Crippen LogP contribution in [0.2, 0.25) is 0 Å². The molecule has 1 saturated carbocycles. The Morgan fingerprint density at radius 2 is 2.12 bits per heavy atom. The standard InChI is InChI=1S/C20H26N8O3S/c1-19(2,13-24-32(3,30)31)28-11-15(10-23-28)25-18-22-8-6-16(26-18)27-9-7-20(12-21,17(27)29)14-4-5-14/h6,8,10-11,14,24H,4-5,7,9,13H2,1-3H3,(H,22,25,26)/t20-/m1/s1. The lowest BCUT2D eigenvalue weighted by molar-refractivity contribution is -0.123. The van der Waals surface area contributed by atoms with Crippen LogP contribution in [0.4, 0.5) is 17.5 Å². The summed E-state index contributed by atoms with van der Waals surface area (Å²) in [5, 5.41) is 17.1. The normalized spacial score (nSPS) is 21.6. The predicted octanol–water partition coefficient (Wildman–Crippen LogP) is 1.36. The molecule has 1 aliphatic heterocycles. The third kappa shape index (κ3) is 4.31. The van der Waals surface area contributed by atoms with E-state index in [0.717, 1.165) is 19.1 Å². The second-order valence-electron chi connectivity index (χ2n) is 9.01. The van der Waals surface area contributed by atoms with Gasteiger partial charge in [0.25, 0.3) is 0 Å². The number of hydrogen-bond acceptors (Lipinski definition) is 8. The van der Waals surface area contributed by atoms with Crippen LogP contribution in [0.25, 0.3) is 0 Å². The fourth-order valence-corrected chi connectivity index (χ4v) is 4.52. The molecule has 4 rings (SSSR count). The second kappa shape index (κ2) is 7.83. The summed E-state index contributed by atoms with van der Waals surface area (Å²) in [5.41, 5.74) is -0.908. The van der Waals surface area contributed by atoms with Gasteiger partial charge in [-0.05, 0) is 45.1 Å². The zero-order chi connectivity index (χ0) is 23.1. The fraction of sp³-hybridized carbons (Fsp3) is 0.550. The number of aromatic nitrogens is 4. The van der Waals surface area contributed by atoms with E-state index in [1.54, 1.807) is 34.2 Å². The van der Waals surface area contributed by atoms with Crippen LogP contribution in [0.5, 0.6) is 0 Å². The highest BCUT2D eigenvalue weighted by atomic mass is 32.2. The molecule has 2 aromatic rings. The first kappa shape index (κ1) is 22.2. The van der Waals surface area contributed by atoms with E-state index in [4.69, 9.17) is 0 Å². The highest BCUT2D eigenvalue weighted by Gasteiger charge is 2.57. The molecule has 1 aliphatic carbocycles. The minimum Gasteiger partial charge on any atom is -0.321 e. The van der Waals surface area contributed by atoms with Crippen LogP contribution in [-0.2, 0) is 20.4 Å². The van der Waals surface area contributed by atoms with Crippen molar-refractivity contribution in [1.82, 2.24) is 24.5 Å². The zero-order valence-electron chi connectivity index (χ0n) is 18.2. The quantitative estimate of drug-likeness (QED) is 0.603. The molecule has 11 nitrogen and oxygen atoms in total. The van der Waals surface area contributed by atoms with Gasteiger partial charge in [-0.15, -0.1) is 0 Å². The molecule has 12 heteroatoms. The van der Waals surface area contributed by atoms with Crippen molar-refractivity contribution in [3.63, 3.8) is 0 Å². The number of nitrogens with one attached hydrogen (secondary N) is 2. The molecule has 2 aromatic heterocycles. The lowest BCUT2D eigenvalue weighted by Crippen LogP contribution is -2.40. The maximum Gasteiger partial charge on any atom is 0.248 e. The summed E-state index contributed by atoms with van der Waals surface area (Å²) >= 11 is 0. The molecule has 2 fully saturated rings. The molecule has 3 heterocycles. The zero-order valence-corrected chi connectivity index (χ0v) is 19.1. The van der Waals surface area contributed by atoms with Gasteiger partial charge < -0.3 is 5.32 Å². The molecule has 170 valence electrons. The summed E-state index contributed by atoms with van der Waals surface area (Å²) in [5.74, 6) is 0.717. The van der Waals surface area contributed by atoms with Gasteiger partial charge in [0, 0.05) is 25.5 Å². The van der Waals surface area contributed by atoms with Crippen molar-refractivity contribution < 1.29 is 13.2 Å². The first-order chi connectivity index (χ1) is 15.0. The van der Waals surface area contributed by atoms with E-state index in [2.05, 4.69) is 31.2 Å². The first-order valence-corrected chi connectivity index (χ1v) is 12.3. The summed E-state index contributed by atoms with van der Waals surface area (Å²) in [6.45, 7) is 4.36. The largest absolute Gasteiger partial charge is 0.321 e. The van der Waals surface area contributed by atoms with Gasteiger partial charge in [-0.2, -0.15) is 15.3 Å². The van der Waals surface area contributed by atoms with Crippen LogP contribution >= 0.6 is 0 Å². The van der Waals surface area contributed by atoms with Crippen molar-refractivity contribution >= 4 is 33.4 Å². The van der Waals surface area contributed by atoms with Crippen molar-refractivity contribution in [1.29, 1.82) is 5.26 Å². The van der Waals surface area contributed by atoms with Crippen molar-refractivity contribution in [3.05, 3.63) is 24.7 Å². The molecule has 1 saturated heterocycles. The average molecular weight is 459 g/mol. The number of anilines is 3. The Labute approximate surface area is 186 Å². The van der Waals surface area contributed by atoms with E-state index in [0.29, 0.717) is 30.4 Å². The van der Waals surface area contributed by atoms with Crippen LogP contribution in [0.3, 0.4) is 0 Å². The first-order valence-electron chi connectivity index (χ1n) is 10.4. The van der Waals surface area contributed by atoms with Gasteiger partial charge in [-0.1, -0.05) is 0 Å². The molecule has 32 heavy (non-hydrogen) atoms. The summed E-state index contributed by atoms with van der Waals surface area (Å²) in [6, 6.07) is 3.94. The number of rotatable bonds is 8. The smallest absolute Gasteiger partial charge is 0.248 e. The third-order valence-electron chi connectivity index (χ3n) is 5.97. The van der Waals surface area contributed by atoms with Gasteiger partial charge in [-0.3, -0.25) is 14.4 Å². The number of carbonyl (C=O) groups excluding carboxylic acids is 1. The Hall–Kier alpha value is -3.04. The molecule has 2 aliphatic rings. The van der Waals surface area contributed by atoms with Crippen LogP contribution in [0.1, 0.15) is 33.1 Å². The number of hydrogen-bond donors (Lipinski definition) is 2. The van der Waals surface area contributed by atoms with Gasteiger partial charge in [0.2, 0.25) is 21.9 Å². The minimum atomic E-state index is -3.32. The number of nitrogens with zero attached hydrogens (tertiary/aromatic N) is 6. The van der Waals surface area contributed by atoms with E-state index in [1.807, 2.05) is 13.8 Å². The van der Waals surface area contributed by atoms with Crippen LogP contribution in [0, 0.1) is 22.7 Å². The molecular weight excluding hydrogens is 432 g/mol. The molecule has 0 bridgehead atoms. The number of sulfonamides is 1.